The summed E-state index contributed by atoms with van der Waals surface area (Å²) in [5, 5.41) is 13.2. The van der Waals surface area contributed by atoms with Crippen LogP contribution in [0.25, 0.3) is 11.5 Å². The highest BCUT2D eigenvalue weighted by atomic mass is 16.4. The quantitative estimate of drug-likeness (QED) is 0.895. The molecule has 3 atom stereocenters. The highest BCUT2D eigenvalue weighted by Crippen LogP contribution is 2.41. The molecule has 2 aliphatic rings. The molecule has 0 spiro atoms. The first kappa shape index (κ1) is 13.9. The van der Waals surface area contributed by atoms with Gasteiger partial charge in [0.1, 0.15) is 6.04 Å². The third-order valence-electron chi connectivity index (χ3n) is 4.78. The lowest BCUT2D eigenvalue weighted by molar-refractivity contribution is -0.125. The Bertz CT molecular complexity index is 772. The largest absolute Gasteiger partial charge is 0.423 e. The van der Waals surface area contributed by atoms with E-state index in [4.69, 9.17) is 4.42 Å². The van der Waals surface area contributed by atoms with Gasteiger partial charge >= 0.3 is 0 Å². The molecule has 1 saturated heterocycles. The zero-order valence-corrected chi connectivity index (χ0v) is 12.6. The van der Waals surface area contributed by atoms with E-state index in [1.54, 1.807) is 6.07 Å². The van der Waals surface area contributed by atoms with Gasteiger partial charge in [-0.05, 0) is 43.4 Å². The maximum absolute atomic E-state index is 12.5. The lowest BCUT2D eigenvalue weighted by atomic mass is 9.72. The number of fused-ring (bicyclic) bond motifs is 1. The predicted molar refractivity (Wildman–Crippen MR) is 81.2 cm³/mol. The molecule has 1 aliphatic carbocycles. The number of nitrogens with zero attached hydrogens (tertiary/aromatic N) is 2. The Morgan fingerprint density at radius 1 is 1.39 bits per heavy atom. The van der Waals surface area contributed by atoms with Crippen molar-refractivity contribution in [2.24, 2.45) is 11.8 Å². The maximum atomic E-state index is 12.5. The molecule has 1 saturated carbocycles. The first-order valence-electron chi connectivity index (χ1n) is 7.62. The van der Waals surface area contributed by atoms with E-state index < -0.39 is 6.04 Å². The number of nitrogens with one attached hydrogen (secondary N) is 2. The molecule has 0 radical (unpaired) electrons. The second-order valence-corrected chi connectivity index (χ2v) is 6.10. The fourth-order valence-electron chi connectivity index (χ4n) is 3.28. The van der Waals surface area contributed by atoms with Crippen LogP contribution in [0.5, 0.6) is 0 Å². The number of benzene rings is 1. The summed E-state index contributed by atoms with van der Waals surface area (Å²) in [7, 11) is 0. The molecule has 2 aromatic rings. The molecule has 2 fully saturated rings. The number of hydrogen-bond acceptors (Lipinski definition) is 5. The van der Waals surface area contributed by atoms with E-state index >= 15 is 0 Å². The maximum Gasteiger partial charge on any atom is 0.247 e. The smallest absolute Gasteiger partial charge is 0.247 e. The van der Waals surface area contributed by atoms with Crippen molar-refractivity contribution in [3.63, 3.8) is 0 Å². The molecule has 0 bridgehead atoms. The minimum atomic E-state index is -0.437. The van der Waals surface area contributed by atoms with Gasteiger partial charge in [0, 0.05) is 17.2 Å². The fraction of sp³-hybridized carbons (Fsp3) is 0.375. The molecule has 7 nitrogen and oxygen atoms in total. The molecular formula is C16H16N4O3. The van der Waals surface area contributed by atoms with E-state index in [9.17, 15) is 9.59 Å². The van der Waals surface area contributed by atoms with Crippen LogP contribution in [-0.2, 0) is 9.59 Å². The number of amides is 2. The first-order valence-corrected chi connectivity index (χ1v) is 7.62. The zero-order chi connectivity index (χ0) is 16.0. The van der Waals surface area contributed by atoms with Gasteiger partial charge in [0.2, 0.25) is 24.1 Å². The Kier molecular flexibility index (Phi) is 3.14. The highest BCUT2D eigenvalue weighted by molar-refractivity contribution is 6.01. The summed E-state index contributed by atoms with van der Waals surface area (Å²) >= 11 is 0. The third-order valence-corrected chi connectivity index (χ3v) is 4.78. The van der Waals surface area contributed by atoms with Crippen molar-refractivity contribution in [1.29, 1.82) is 0 Å². The number of rotatable bonds is 3. The Hall–Kier alpha value is -2.70. The Morgan fingerprint density at radius 3 is 2.91 bits per heavy atom. The van der Waals surface area contributed by atoms with Crippen molar-refractivity contribution in [2.45, 2.75) is 25.8 Å². The third kappa shape index (κ3) is 2.28. The average molecular weight is 312 g/mol. The van der Waals surface area contributed by atoms with Gasteiger partial charge in [-0.15, -0.1) is 10.2 Å². The molecule has 4 rings (SSSR count). The summed E-state index contributed by atoms with van der Waals surface area (Å²) in [6.45, 7) is 1.91. The van der Waals surface area contributed by atoms with Crippen molar-refractivity contribution in [3.05, 3.63) is 30.2 Å². The predicted octanol–water partition coefficient (Wildman–Crippen LogP) is 1.51. The van der Waals surface area contributed by atoms with E-state index in [2.05, 4.69) is 20.8 Å². The van der Waals surface area contributed by atoms with Gasteiger partial charge in [-0.2, -0.15) is 0 Å². The van der Waals surface area contributed by atoms with Gasteiger partial charge in [0.25, 0.3) is 0 Å². The molecule has 0 unspecified atom stereocenters. The molecule has 118 valence electrons. The summed E-state index contributed by atoms with van der Waals surface area (Å²) < 4.78 is 5.18. The van der Waals surface area contributed by atoms with Crippen molar-refractivity contribution in [2.75, 3.05) is 5.32 Å². The van der Waals surface area contributed by atoms with Crippen LogP contribution in [0.15, 0.2) is 29.0 Å². The van der Waals surface area contributed by atoms with E-state index in [-0.39, 0.29) is 23.7 Å². The summed E-state index contributed by atoms with van der Waals surface area (Å²) in [6.07, 6.45) is 3.06. The minimum Gasteiger partial charge on any atom is -0.423 e. The highest BCUT2D eigenvalue weighted by Gasteiger charge is 2.50. The van der Waals surface area contributed by atoms with Crippen LogP contribution >= 0.6 is 0 Å². The molecule has 1 aromatic heterocycles. The van der Waals surface area contributed by atoms with Crippen LogP contribution < -0.4 is 10.6 Å². The van der Waals surface area contributed by atoms with Crippen LogP contribution in [0.1, 0.15) is 18.4 Å². The topological polar surface area (TPSA) is 97.1 Å². The van der Waals surface area contributed by atoms with E-state index in [0.717, 1.165) is 24.0 Å². The van der Waals surface area contributed by atoms with Crippen LogP contribution in [0.4, 0.5) is 5.69 Å². The first-order chi connectivity index (χ1) is 11.1. The van der Waals surface area contributed by atoms with Gasteiger partial charge in [0.05, 0.1) is 0 Å². The van der Waals surface area contributed by atoms with Crippen molar-refractivity contribution in [3.8, 4) is 11.5 Å². The Labute approximate surface area is 132 Å². The van der Waals surface area contributed by atoms with E-state index in [1.807, 2.05) is 19.1 Å². The summed E-state index contributed by atoms with van der Waals surface area (Å²) in [4.78, 5) is 24.3. The molecular weight excluding hydrogens is 296 g/mol. The van der Waals surface area contributed by atoms with Crippen LogP contribution in [-0.4, -0.2) is 28.1 Å². The SMILES string of the molecule is Cc1ccc(-c2nnco2)cc1NC(=O)[C@@H]1NC(=O)[C@H]2CC[C@H]21. The molecule has 2 amide bonds. The molecule has 7 heteroatoms. The Balaban J connectivity index is 1.55. The second kappa shape index (κ2) is 5.19. The lowest BCUT2D eigenvalue weighted by Gasteiger charge is -2.30. The number of aromatic nitrogens is 2. The monoisotopic (exact) mass is 312 g/mol. The van der Waals surface area contributed by atoms with E-state index in [1.165, 1.54) is 6.39 Å². The van der Waals surface area contributed by atoms with Gasteiger partial charge in [-0.3, -0.25) is 9.59 Å². The fourth-order valence-corrected chi connectivity index (χ4v) is 3.28. The zero-order valence-electron chi connectivity index (χ0n) is 12.6. The molecule has 2 heterocycles. The minimum absolute atomic E-state index is 0.00210. The molecule has 1 aliphatic heterocycles. The number of carbonyl (C=O) groups is 2. The number of aryl methyl sites for hydroxylation is 1. The molecule has 23 heavy (non-hydrogen) atoms. The summed E-state index contributed by atoms with van der Waals surface area (Å²) in [5.41, 5.74) is 2.35. The van der Waals surface area contributed by atoms with Crippen LogP contribution in [0.3, 0.4) is 0 Å². The van der Waals surface area contributed by atoms with Crippen LogP contribution in [0.2, 0.25) is 0 Å². The van der Waals surface area contributed by atoms with Gasteiger partial charge in [-0.1, -0.05) is 6.07 Å². The van der Waals surface area contributed by atoms with Crippen molar-refractivity contribution >= 4 is 17.5 Å². The van der Waals surface area contributed by atoms with Crippen molar-refractivity contribution < 1.29 is 14.0 Å². The summed E-state index contributed by atoms with van der Waals surface area (Å²) in [5.74, 6) is 0.362. The second-order valence-electron chi connectivity index (χ2n) is 6.10. The molecule has 1 aromatic carbocycles. The van der Waals surface area contributed by atoms with Gasteiger partial charge < -0.3 is 15.1 Å². The number of carbonyl (C=O) groups excluding carboxylic acids is 2. The molecule has 2 N–H and O–H groups in total. The normalized spacial score (nSPS) is 25.4. The van der Waals surface area contributed by atoms with E-state index in [0.29, 0.717) is 11.6 Å². The number of hydrogen-bond donors (Lipinski definition) is 2. The van der Waals surface area contributed by atoms with Crippen molar-refractivity contribution in [1.82, 2.24) is 15.5 Å². The van der Waals surface area contributed by atoms with Gasteiger partial charge in [-0.25, -0.2) is 0 Å². The van der Waals surface area contributed by atoms with Crippen LogP contribution in [0, 0.1) is 18.8 Å². The standard InChI is InChI=1S/C16H16N4O3/c1-8-2-3-9(16-20-17-7-23-16)6-12(8)18-15(22)13-10-4-5-11(10)14(21)19-13/h2-3,6-7,10-11,13H,4-5H2,1H3,(H,18,22)(H,19,21)/t10-,11+,13-/m1/s1. The Morgan fingerprint density at radius 2 is 2.26 bits per heavy atom. The number of anilines is 1. The average Bonchev–Trinajstić information content (AvgIpc) is 3.08. The lowest BCUT2D eigenvalue weighted by Crippen LogP contribution is -2.42. The summed E-state index contributed by atoms with van der Waals surface area (Å²) in [6, 6.07) is 5.11. The van der Waals surface area contributed by atoms with Gasteiger partial charge in [0.15, 0.2) is 0 Å².